The largest absolute Gasteiger partial charge is 0.481 e. The van der Waals surface area contributed by atoms with Crippen molar-refractivity contribution < 1.29 is 14.7 Å². The van der Waals surface area contributed by atoms with E-state index in [4.69, 9.17) is 5.11 Å². The molecule has 0 bridgehead atoms. The molecule has 0 aromatic heterocycles. The summed E-state index contributed by atoms with van der Waals surface area (Å²) < 4.78 is 0. The fourth-order valence-electron chi connectivity index (χ4n) is 1.41. The maximum absolute atomic E-state index is 11.0. The highest BCUT2D eigenvalue weighted by Crippen LogP contribution is 2.21. The smallest absolute Gasteiger partial charge is 0.312 e. The van der Waals surface area contributed by atoms with Crippen LogP contribution < -0.4 is 5.32 Å². The van der Waals surface area contributed by atoms with Crippen LogP contribution in [0.15, 0.2) is 0 Å². The summed E-state index contributed by atoms with van der Waals surface area (Å²) in [6.45, 7) is 0.632. The molecule has 5 heteroatoms. The minimum absolute atomic E-state index is 0.379. The Morgan fingerprint density at radius 1 is 1.36 bits per heavy atom. The molecule has 1 saturated heterocycles. The van der Waals surface area contributed by atoms with E-state index in [1.165, 1.54) is 0 Å². The Bertz CT molecular complexity index is 214. The maximum Gasteiger partial charge on any atom is 0.312 e. The predicted octanol–water partition coefficient (Wildman–Crippen LogP) is 0.721. The first kappa shape index (κ1) is 11.4. The van der Waals surface area contributed by atoms with Crippen LogP contribution in [0.5, 0.6) is 0 Å². The van der Waals surface area contributed by atoms with Gasteiger partial charge in [-0.2, -0.15) is 11.8 Å². The van der Waals surface area contributed by atoms with Crippen LogP contribution >= 0.6 is 11.8 Å². The topological polar surface area (TPSA) is 66.4 Å². The number of amides is 1. The first-order chi connectivity index (χ1) is 6.68. The molecule has 4 nitrogen and oxygen atoms in total. The summed E-state index contributed by atoms with van der Waals surface area (Å²) in [5.74, 6) is 1.39. The van der Waals surface area contributed by atoms with Crippen LogP contribution in [0.25, 0.3) is 0 Å². The number of aliphatic carboxylic acids is 1. The quantitative estimate of drug-likeness (QED) is 0.681. The van der Waals surface area contributed by atoms with Gasteiger partial charge in [-0.05, 0) is 30.3 Å². The van der Waals surface area contributed by atoms with Gasteiger partial charge in [-0.3, -0.25) is 9.59 Å². The Morgan fingerprint density at radius 3 is 2.57 bits per heavy atom. The number of carboxylic acids is 1. The molecule has 1 aliphatic rings. The number of carbonyl (C=O) groups excluding carboxylic acids is 1. The van der Waals surface area contributed by atoms with E-state index in [9.17, 15) is 9.59 Å². The van der Waals surface area contributed by atoms with Gasteiger partial charge in [0.15, 0.2) is 0 Å². The normalized spacial score (nSPS) is 17.7. The molecule has 1 heterocycles. The third-order valence-electron chi connectivity index (χ3n) is 2.24. The van der Waals surface area contributed by atoms with Crippen LogP contribution in [0, 0.1) is 5.92 Å². The highest BCUT2D eigenvalue weighted by molar-refractivity contribution is 7.99. The second kappa shape index (κ2) is 5.90. The zero-order valence-electron chi connectivity index (χ0n) is 7.99. The van der Waals surface area contributed by atoms with E-state index < -0.39 is 12.4 Å². The van der Waals surface area contributed by atoms with Gasteiger partial charge in [-0.15, -0.1) is 0 Å². The number of thioether (sulfide) groups is 1. The molecule has 14 heavy (non-hydrogen) atoms. The molecule has 1 fully saturated rings. The first-order valence-electron chi connectivity index (χ1n) is 4.74. The Hall–Kier alpha value is -0.710. The van der Waals surface area contributed by atoms with Crippen LogP contribution in [0.1, 0.15) is 19.3 Å². The van der Waals surface area contributed by atoms with Gasteiger partial charge in [0, 0.05) is 6.54 Å². The van der Waals surface area contributed by atoms with E-state index in [1.807, 2.05) is 11.8 Å². The van der Waals surface area contributed by atoms with Gasteiger partial charge in [0.2, 0.25) is 5.91 Å². The van der Waals surface area contributed by atoms with Crippen molar-refractivity contribution in [1.29, 1.82) is 0 Å². The highest BCUT2D eigenvalue weighted by atomic mass is 32.2. The molecule has 0 aliphatic carbocycles. The summed E-state index contributed by atoms with van der Waals surface area (Å²) in [5.41, 5.74) is 0. The van der Waals surface area contributed by atoms with E-state index in [0.717, 1.165) is 24.3 Å². The van der Waals surface area contributed by atoms with Crippen LogP contribution in [0.2, 0.25) is 0 Å². The Morgan fingerprint density at radius 2 is 2.00 bits per heavy atom. The zero-order valence-corrected chi connectivity index (χ0v) is 8.81. The fourth-order valence-corrected chi connectivity index (χ4v) is 2.61. The monoisotopic (exact) mass is 217 g/mol. The van der Waals surface area contributed by atoms with Crippen molar-refractivity contribution in [1.82, 2.24) is 5.32 Å². The van der Waals surface area contributed by atoms with Crippen molar-refractivity contribution in [2.75, 3.05) is 18.1 Å². The zero-order chi connectivity index (χ0) is 10.4. The number of carboxylic acid groups (broad SMARTS) is 1. The van der Waals surface area contributed by atoms with Gasteiger partial charge >= 0.3 is 5.97 Å². The van der Waals surface area contributed by atoms with E-state index >= 15 is 0 Å². The average Bonchev–Trinajstić information content (AvgIpc) is 2.15. The number of hydrogen-bond acceptors (Lipinski definition) is 3. The summed E-state index contributed by atoms with van der Waals surface area (Å²) in [6, 6.07) is 0. The van der Waals surface area contributed by atoms with E-state index in [2.05, 4.69) is 5.32 Å². The van der Waals surface area contributed by atoms with Crippen molar-refractivity contribution in [3.05, 3.63) is 0 Å². The van der Waals surface area contributed by atoms with E-state index in [-0.39, 0.29) is 5.91 Å². The molecule has 0 aromatic carbocycles. The lowest BCUT2D eigenvalue weighted by molar-refractivity contribution is -0.140. The molecule has 0 aromatic rings. The molecule has 0 atom stereocenters. The summed E-state index contributed by atoms with van der Waals surface area (Å²) in [6.07, 6.45) is 1.83. The van der Waals surface area contributed by atoms with Crippen LogP contribution in [0.3, 0.4) is 0 Å². The van der Waals surface area contributed by atoms with Gasteiger partial charge in [0.05, 0.1) is 0 Å². The number of rotatable bonds is 4. The molecule has 0 spiro atoms. The fraction of sp³-hybridized carbons (Fsp3) is 0.778. The van der Waals surface area contributed by atoms with Crippen LogP contribution in [-0.2, 0) is 9.59 Å². The average molecular weight is 217 g/mol. The van der Waals surface area contributed by atoms with Crippen molar-refractivity contribution in [3.8, 4) is 0 Å². The second-order valence-corrected chi connectivity index (χ2v) is 4.66. The Balaban J connectivity index is 2.12. The maximum atomic E-state index is 11.0. The van der Waals surface area contributed by atoms with Crippen LogP contribution in [0.4, 0.5) is 0 Å². The predicted molar refractivity (Wildman–Crippen MR) is 55.3 cm³/mol. The molecule has 2 N–H and O–H groups in total. The first-order valence-corrected chi connectivity index (χ1v) is 5.90. The number of hydrogen-bond donors (Lipinski definition) is 2. The second-order valence-electron chi connectivity index (χ2n) is 3.43. The lowest BCUT2D eigenvalue weighted by Crippen LogP contribution is -2.32. The summed E-state index contributed by atoms with van der Waals surface area (Å²) in [7, 11) is 0. The summed E-state index contributed by atoms with van der Waals surface area (Å²) in [4.78, 5) is 21.2. The van der Waals surface area contributed by atoms with Crippen LogP contribution in [-0.4, -0.2) is 35.0 Å². The highest BCUT2D eigenvalue weighted by Gasteiger charge is 2.15. The van der Waals surface area contributed by atoms with Gasteiger partial charge in [0.25, 0.3) is 0 Å². The molecule has 1 aliphatic heterocycles. The minimum atomic E-state index is -1.07. The Labute approximate surface area is 87.4 Å². The van der Waals surface area contributed by atoms with Crippen molar-refractivity contribution >= 4 is 23.6 Å². The molecule has 1 amide bonds. The van der Waals surface area contributed by atoms with Crippen molar-refractivity contribution in [3.63, 3.8) is 0 Å². The molecule has 80 valence electrons. The lowest BCUT2D eigenvalue weighted by Gasteiger charge is -2.21. The molecular weight excluding hydrogens is 202 g/mol. The molecular formula is C9H15NO3S. The van der Waals surface area contributed by atoms with Gasteiger partial charge in [-0.1, -0.05) is 0 Å². The SMILES string of the molecule is O=C(O)CC(=O)NCC1CCSCC1. The molecule has 0 radical (unpaired) electrons. The van der Waals surface area contributed by atoms with Gasteiger partial charge < -0.3 is 10.4 Å². The molecule has 0 saturated carbocycles. The van der Waals surface area contributed by atoms with Gasteiger partial charge in [-0.25, -0.2) is 0 Å². The summed E-state index contributed by atoms with van der Waals surface area (Å²) in [5, 5.41) is 11.0. The number of carbonyl (C=O) groups is 2. The molecule has 0 unspecified atom stereocenters. The summed E-state index contributed by atoms with van der Waals surface area (Å²) >= 11 is 1.94. The van der Waals surface area contributed by atoms with Crippen molar-refractivity contribution in [2.24, 2.45) is 5.92 Å². The van der Waals surface area contributed by atoms with Crippen molar-refractivity contribution in [2.45, 2.75) is 19.3 Å². The Kier molecular flexibility index (Phi) is 4.79. The minimum Gasteiger partial charge on any atom is -0.481 e. The van der Waals surface area contributed by atoms with E-state index in [0.29, 0.717) is 12.5 Å². The molecule has 1 rings (SSSR count). The standard InChI is InChI=1S/C9H15NO3S/c11-8(5-9(12)13)10-6-7-1-3-14-4-2-7/h7H,1-6H2,(H,10,11)(H,12,13). The van der Waals surface area contributed by atoms with E-state index in [1.54, 1.807) is 0 Å². The third-order valence-corrected chi connectivity index (χ3v) is 3.29. The lowest BCUT2D eigenvalue weighted by atomic mass is 10.0. The third kappa shape index (κ3) is 4.50. The van der Waals surface area contributed by atoms with Gasteiger partial charge in [0.1, 0.15) is 6.42 Å². The number of nitrogens with one attached hydrogen (secondary N) is 1.